The molecule has 0 aromatic heterocycles. The number of carboxylic acid groups (broad SMARTS) is 3. The van der Waals surface area contributed by atoms with Gasteiger partial charge in [-0.3, -0.25) is 14.4 Å². The molecule has 0 spiro atoms. The molecule has 0 saturated carbocycles. The van der Waals surface area contributed by atoms with Crippen LogP contribution >= 0.6 is 0 Å². The number of hydrogen-bond donors (Lipinski definition) is 3. The van der Waals surface area contributed by atoms with E-state index in [9.17, 15) is 14.4 Å². The summed E-state index contributed by atoms with van der Waals surface area (Å²) >= 11 is 1.44. The fourth-order valence-electron chi connectivity index (χ4n) is 2.86. The third-order valence-corrected chi connectivity index (χ3v) is 7.18. The van der Waals surface area contributed by atoms with Crippen molar-refractivity contribution < 1.29 is 29.7 Å². The standard InChI is InChI=1S/3C8H16O2.C3H7.Sn.H/c3*1-3-5-6-7(4-2)8(9)10;1-3-2;;/h3*7H,3-6H2,1-2H3,(H,9,10);1,3H2,2H3;;. The van der Waals surface area contributed by atoms with Crippen molar-refractivity contribution in [2.24, 2.45) is 17.8 Å². The van der Waals surface area contributed by atoms with E-state index in [1.807, 2.05) is 20.8 Å². The van der Waals surface area contributed by atoms with Crippen LogP contribution in [0.2, 0.25) is 4.44 Å². The maximum atomic E-state index is 10.4. The number of carboxylic acids is 3. The van der Waals surface area contributed by atoms with E-state index in [0.29, 0.717) is 0 Å². The molecule has 0 aliphatic carbocycles. The van der Waals surface area contributed by atoms with Crippen LogP contribution in [0, 0.1) is 17.8 Å². The van der Waals surface area contributed by atoms with Gasteiger partial charge in [-0.2, -0.15) is 0 Å². The van der Waals surface area contributed by atoms with Crippen LogP contribution < -0.4 is 0 Å². The normalized spacial score (nSPS) is 12.4. The van der Waals surface area contributed by atoms with Gasteiger partial charge in [-0.05, 0) is 38.5 Å². The van der Waals surface area contributed by atoms with Gasteiger partial charge >= 0.3 is 58.2 Å². The van der Waals surface area contributed by atoms with Gasteiger partial charge in [0.25, 0.3) is 0 Å². The summed E-state index contributed by atoms with van der Waals surface area (Å²) in [5, 5.41) is 25.8. The summed E-state index contributed by atoms with van der Waals surface area (Å²) in [5.41, 5.74) is 0. The number of hydrogen-bond acceptors (Lipinski definition) is 3. The van der Waals surface area contributed by atoms with Gasteiger partial charge in [-0.15, -0.1) is 0 Å². The van der Waals surface area contributed by atoms with E-state index in [-0.39, 0.29) is 17.8 Å². The summed E-state index contributed by atoms with van der Waals surface area (Å²) in [5.74, 6) is -2.26. The van der Waals surface area contributed by atoms with E-state index in [0.717, 1.165) is 77.0 Å². The molecule has 2 radical (unpaired) electrons. The molecule has 204 valence electrons. The summed E-state index contributed by atoms with van der Waals surface area (Å²) in [7, 11) is 0. The maximum absolute atomic E-state index is 10.4. The van der Waals surface area contributed by atoms with Gasteiger partial charge in [0, 0.05) is 0 Å². The van der Waals surface area contributed by atoms with E-state index < -0.39 is 17.9 Å². The molecule has 0 amide bonds. The van der Waals surface area contributed by atoms with E-state index in [1.165, 1.54) is 33.4 Å². The average molecular weight is 595 g/mol. The first-order valence-corrected chi connectivity index (χ1v) is 15.8. The molecular weight excluding hydrogens is 539 g/mol. The Bertz CT molecular complexity index is 393. The Morgan fingerprint density at radius 3 is 0.824 bits per heavy atom. The number of rotatable bonds is 16. The van der Waals surface area contributed by atoms with Crippen LogP contribution in [0.15, 0.2) is 0 Å². The minimum atomic E-state index is -0.643. The van der Waals surface area contributed by atoms with Crippen molar-refractivity contribution in [2.45, 2.75) is 136 Å². The van der Waals surface area contributed by atoms with Gasteiger partial charge in [-0.1, -0.05) is 80.1 Å². The van der Waals surface area contributed by atoms with Crippen molar-refractivity contribution >= 4 is 40.4 Å². The topological polar surface area (TPSA) is 112 Å². The van der Waals surface area contributed by atoms with Crippen molar-refractivity contribution in [1.29, 1.82) is 0 Å². The zero-order valence-electron chi connectivity index (χ0n) is 23.3. The molecule has 0 aromatic rings. The van der Waals surface area contributed by atoms with E-state index >= 15 is 0 Å². The Hall–Kier alpha value is -0.791. The zero-order chi connectivity index (χ0) is 27.4. The molecule has 3 N–H and O–H groups in total. The van der Waals surface area contributed by atoms with Gasteiger partial charge in [0.1, 0.15) is 0 Å². The van der Waals surface area contributed by atoms with Crippen molar-refractivity contribution in [3.05, 3.63) is 0 Å². The molecule has 7 heteroatoms. The summed E-state index contributed by atoms with van der Waals surface area (Å²) in [6, 6.07) is 0. The van der Waals surface area contributed by atoms with Crippen LogP contribution in [-0.4, -0.2) is 55.8 Å². The molecule has 34 heavy (non-hydrogen) atoms. The van der Waals surface area contributed by atoms with Gasteiger partial charge in [0.15, 0.2) is 0 Å². The molecular formula is C27H56O6Sn. The second kappa shape index (κ2) is 32.2. The molecule has 0 rings (SSSR count). The first-order valence-electron chi connectivity index (χ1n) is 13.5. The van der Waals surface area contributed by atoms with Crippen LogP contribution in [0.25, 0.3) is 0 Å². The van der Waals surface area contributed by atoms with Crippen LogP contribution in [-0.2, 0) is 14.4 Å². The second-order valence-corrected chi connectivity index (χ2v) is 10.2. The first kappa shape index (κ1) is 40.4. The van der Waals surface area contributed by atoms with Crippen molar-refractivity contribution in [2.75, 3.05) is 0 Å². The molecule has 0 fully saturated rings. The average Bonchev–Trinajstić information content (AvgIpc) is 2.81. The second-order valence-electron chi connectivity index (χ2n) is 8.55. The number of aliphatic carboxylic acids is 3. The molecule has 0 saturated heterocycles. The predicted molar refractivity (Wildman–Crippen MR) is 145 cm³/mol. The van der Waals surface area contributed by atoms with Gasteiger partial charge < -0.3 is 15.3 Å². The van der Waals surface area contributed by atoms with E-state index in [2.05, 4.69) is 27.7 Å². The Balaban J connectivity index is -0.000000184. The Labute approximate surface area is 223 Å². The SMILES string of the molecule is CCCCC(CC)C(=O)O.CCCCC(CC)C(=O)O.CCCCC(CC)C(=O)O.CC[CH2][SnH]. The van der Waals surface area contributed by atoms with Crippen molar-refractivity contribution in [3.8, 4) is 0 Å². The molecule has 0 heterocycles. The third kappa shape index (κ3) is 31.2. The van der Waals surface area contributed by atoms with Crippen molar-refractivity contribution in [3.63, 3.8) is 0 Å². The van der Waals surface area contributed by atoms with Crippen LogP contribution in [0.4, 0.5) is 0 Å². The Morgan fingerprint density at radius 2 is 0.735 bits per heavy atom. The van der Waals surface area contributed by atoms with E-state index in [4.69, 9.17) is 15.3 Å². The van der Waals surface area contributed by atoms with Crippen molar-refractivity contribution in [1.82, 2.24) is 0 Å². The fourth-order valence-corrected chi connectivity index (χ4v) is 2.86. The molecule has 0 aliphatic rings. The van der Waals surface area contributed by atoms with Crippen LogP contribution in [0.1, 0.15) is 132 Å². The molecule has 0 aromatic carbocycles. The third-order valence-electron chi connectivity index (χ3n) is 5.53. The Kier molecular flexibility index (Phi) is 38.3. The number of carbonyl (C=O) groups is 3. The molecule has 3 unspecified atom stereocenters. The van der Waals surface area contributed by atoms with Gasteiger partial charge in [-0.25, -0.2) is 0 Å². The molecule has 6 nitrogen and oxygen atoms in total. The van der Waals surface area contributed by atoms with E-state index in [1.54, 1.807) is 0 Å². The summed E-state index contributed by atoms with van der Waals surface area (Å²) in [4.78, 5) is 31.3. The quantitative estimate of drug-likeness (QED) is 0.159. The molecule has 3 atom stereocenters. The van der Waals surface area contributed by atoms with Crippen LogP contribution in [0.3, 0.4) is 0 Å². The molecule has 0 bridgehead atoms. The summed E-state index contributed by atoms with van der Waals surface area (Å²) in [6.45, 7) is 14.2. The monoisotopic (exact) mass is 596 g/mol. The zero-order valence-corrected chi connectivity index (χ0v) is 26.6. The fraction of sp³-hybridized carbons (Fsp3) is 0.889. The summed E-state index contributed by atoms with van der Waals surface area (Å²) < 4.78 is 1.45. The Morgan fingerprint density at radius 1 is 0.529 bits per heavy atom. The summed E-state index contributed by atoms with van der Waals surface area (Å²) in [6.07, 6.45) is 12.5. The first-order chi connectivity index (χ1) is 16.1. The minimum absolute atomic E-state index is 0.111. The predicted octanol–water partition coefficient (Wildman–Crippen LogP) is 7.58. The molecule has 0 aliphatic heterocycles. The van der Waals surface area contributed by atoms with Gasteiger partial charge in [0.2, 0.25) is 0 Å². The number of unbranched alkanes of at least 4 members (excludes halogenated alkanes) is 3. The van der Waals surface area contributed by atoms with Crippen LogP contribution in [0.5, 0.6) is 0 Å². The van der Waals surface area contributed by atoms with Gasteiger partial charge in [0.05, 0.1) is 17.8 Å².